The second kappa shape index (κ2) is 10.0. The van der Waals surface area contributed by atoms with Crippen LogP contribution in [0.3, 0.4) is 0 Å². The van der Waals surface area contributed by atoms with Gasteiger partial charge < -0.3 is 20.7 Å². The Bertz CT molecular complexity index is 1690. The van der Waals surface area contributed by atoms with Crippen LogP contribution in [0.2, 0.25) is 0 Å². The van der Waals surface area contributed by atoms with Gasteiger partial charge in [-0.1, -0.05) is 30.3 Å². The largest absolute Gasteiger partial charge is 0.482 e. The Balaban J connectivity index is 1.14. The van der Waals surface area contributed by atoms with Crippen LogP contribution in [0, 0.1) is 0 Å². The standard InChI is InChI=1S/C26H21N9O4/c36-23-13-39-21-6-3-16(9-18(21)33-23)12-27-25(37)19-10-20(35-22(32-19)7-8-31-35)26(38)28-11-15-1-4-17(5-2-15)24-29-14-30-34-24/h1-10,14H,11-13H2,(H,27,37)(H,28,38)(H,33,36)(H,29,30,34). The third-order valence-electron chi connectivity index (χ3n) is 6.05. The van der Waals surface area contributed by atoms with Crippen LogP contribution >= 0.6 is 0 Å². The number of fused-ring (bicyclic) bond motifs is 2. The normalized spacial score (nSPS) is 12.4. The molecule has 1 aliphatic rings. The van der Waals surface area contributed by atoms with Crippen LogP contribution < -0.4 is 20.7 Å². The first-order chi connectivity index (χ1) is 19.0. The lowest BCUT2D eigenvalue weighted by atomic mass is 10.1. The molecule has 0 aliphatic carbocycles. The summed E-state index contributed by atoms with van der Waals surface area (Å²) >= 11 is 0. The van der Waals surface area contributed by atoms with E-state index in [2.05, 4.69) is 41.2 Å². The lowest BCUT2D eigenvalue weighted by Gasteiger charge is -2.18. The van der Waals surface area contributed by atoms with E-state index in [1.165, 1.54) is 23.1 Å². The van der Waals surface area contributed by atoms with Crippen molar-refractivity contribution in [2.45, 2.75) is 13.1 Å². The van der Waals surface area contributed by atoms with Gasteiger partial charge in [-0.3, -0.25) is 19.5 Å². The Hall–Kier alpha value is -5.59. The number of carbonyl (C=O) groups excluding carboxylic acids is 3. The molecule has 5 aromatic rings. The Morgan fingerprint density at radius 3 is 2.59 bits per heavy atom. The lowest BCUT2D eigenvalue weighted by Crippen LogP contribution is -2.28. The summed E-state index contributed by atoms with van der Waals surface area (Å²) in [6.07, 6.45) is 2.94. The number of aromatic amines is 1. The van der Waals surface area contributed by atoms with Crippen molar-refractivity contribution < 1.29 is 19.1 Å². The highest BCUT2D eigenvalue weighted by molar-refractivity contribution is 5.98. The molecule has 0 fully saturated rings. The quantitative estimate of drug-likeness (QED) is 0.250. The minimum Gasteiger partial charge on any atom is -0.482 e. The summed E-state index contributed by atoms with van der Waals surface area (Å²) in [7, 11) is 0. The molecule has 0 bridgehead atoms. The molecule has 0 unspecified atom stereocenters. The maximum atomic E-state index is 13.1. The van der Waals surface area contributed by atoms with Crippen LogP contribution in [0.15, 0.2) is 67.1 Å². The molecule has 39 heavy (non-hydrogen) atoms. The number of carbonyl (C=O) groups is 3. The number of amides is 3. The Morgan fingerprint density at radius 2 is 1.77 bits per heavy atom. The number of hydrogen-bond acceptors (Lipinski definition) is 8. The summed E-state index contributed by atoms with van der Waals surface area (Å²) in [5, 5.41) is 19.2. The average Bonchev–Trinajstić information content (AvgIpc) is 3.67. The number of anilines is 1. The van der Waals surface area contributed by atoms with Gasteiger partial charge in [0.1, 0.15) is 23.5 Å². The molecule has 3 aromatic heterocycles. The summed E-state index contributed by atoms with van der Waals surface area (Å²) in [4.78, 5) is 46.1. The molecule has 0 spiro atoms. The lowest BCUT2D eigenvalue weighted by molar-refractivity contribution is -0.118. The molecule has 0 atom stereocenters. The molecular formula is C26H21N9O4. The van der Waals surface area contributed by atoms with Crippen LogP contribution in [0.25, 0.3) is 17.0 Å². The number of H-pyrrole nitrogens is 1. The van der Waals surface area contributed by atoms with Gasteiger partial charge in [0.25, 0.3) is 17.7 Å². The highest BCUT2D eigenvalue weighted by atomic mass is 16.5. The van der Waals surface area contributed by atoms with E-state index in [0.717, 1.165) is 16.7 Å². The van der Waals surface area contributed by atoms with Gasteiger partial charge >= 0.3 is 0 Å². The van der Waals surface area contributed by atoms with Crippen molar-refractivity contribution in [3.05, 3.63) is 89.6 Å². The minimum absolute atomic E-state index is 0.0300. The van der Waals surface area contributed by atoms with E-state index >= 15 is 0 Å². The summed E-state index contributed by atoms with van der Waals surface area (Å²) in [5.41, 5.74) is 3.65. The summed E-state index contributed by atoms with van der Waals surface area (Å²) in [6, 6.07) is 15.8. The molecule has 6 rings (SSSR count). The molecule has 4 heterocycles. The molecule has 13 nitrogen and oxygen atoms in total. The second-order valence-electron chi connectivity index (χ2n) is 8.69. The summed E-state index contributed by atoms with van der Waals surface area (Å²) < 4.78 is 6.74. The van der Waals surface area contributed by atoms with E-state index in [0.29, 0.717) is 22.9 Å². The molecule has 0 radical (unpaired) electrons. The third kappa shape index (κ3) is 5.00. The predicted octanol–water partition coefficient (Wildman–Crippen LogP) is 1.71. The Labute approximate surface area is 220 Å². The van der Waals surface area contributed by atoms with Crippen molar-refractivity contribution in [2.75, 3.05) is 11.9 Å². The molecule has 0 saturated heterocycles. The molecule has 0 saturated carbocycles. The molecule has 4 N–H and O–H groups in total. The first-order valence-corrected chi connectivity index (χ1v) is 11.9. The van der Waals surface area contributed by atoms with E-state index in [1.807, 2.05) is 24.3 Å². The van der Waals surface area contributed by atoms with Gasteiger partial charge in [-0.2, -0.15) is 10.2 Å². The number of aromatic nitrogens is 6. The van der Waals surface area contributed by atoms with Crippen molar-refractivity contribution >= 4 is 29.1 Å². The van der Waals surface area contributed by atoms with Crippen molar-refractivity contribution in [2.24, 2.45) is 0 Å². The number of nitrogens with zero attached hydrogens (tertiary/aromatic N) is 5. The molecule has 13 heteroatoms. The molecule has 2 aromatic carbocycles. The van der Waals surface area contributed by atoms with Crippen LogP contribution in [-0.2, 0) is 17.9 Å². The number of rotatable bonds is 7. The van der Waals surface area contributed by atoms with Crippen molar-refractivity contribution in [1.82, 2.24) is 40.4 Å². The van der Waals surface area contributed by atoms with E-state index in [1.54, 1.807) is 24.3 Å². The zero-order valence-electron chi connectivity index (χ0n) is 20.3. The van der Waals surface area contributed by atoms with Gasteiger partial charge in [-0.05, 0) is 23.3 Å². The summed E-state index contributed by atoms with van der Waals surface area (Å²) in [6.45, 7) is 0.415. The molecule has 194 valence electrons. The predicted molar refractivity (Wildman–Crippen MR) is 138 cm³/mol. The first-order valence-electron chi connectivity index (χ1n) is 11.9. The van der Waals surface area contributed by atoms with E-state index in [9.17, 15) is 14.4 Å². The zero-order chi connectivity index (χ0) is 26.8. The highest BCUT2D eigenvalue weighted by Gasteiger charge is 2.19. The van der Waals surface area contributed by atoms with Gasteiger partial charge in [0, 0.05) is 30.8 Å². The van der Waals surface area contributed by atoms with E-state index < -0.39 is 11.8 Å². The number of benzene rings is 2. The second-order valence-corrected chi connectivity index (χ2v) is 8.69. The zero-order valence-corrected chi connectivity index (χ0v) is 20.3. The van der Waals surface area contributed by atoms with Gasteiger partial charge in [-0.15, -0.1) is 0 Å². The summed E-state index contributed by atoms with van der Waals surface area (Å²) in [5.74, 6) is 0.107. The minimum atomic E-state index is -0.464. The van der Waals surface area contributed by atoms with Crippen molar-refractivity contribution in [3.63, 3.8) is 0 Å². The van der Waals surface area contributed by atoms with E-state index in [4.69, 9.17) is 4.74 Å². The molecule has 3 amide bonds. The van der Waals surface area contributed by atoms with Crippen molar-refractivity contribution in [3.8, 4) is 17.1 Å². The molecule has 1 aliphatic heterocycles. The number of nitrogens with one attached hydrogen (secondary N) is 4. The first kappa shape index (κ1) is 23.8. The van der Waals surface area contributed by atoms with Gasteiger partial charge in [0.05, 0.1) is 11.9 Å². The monoisotopic (exact) mass is 523 g/mol. The fourth-order valence-corrected chi connectivity index (χ4v) is 4.10. The Kier molecular flexibility index (Phi) is 6.13. The Morgan fingerprint density at radius 1 is 0.974 bits per heavy atom. The third-order valence-corrected chi connectivity index (χ3v) is 6.05. The smallest absolute Gasteiger partial charge is 0.270 e. The molecular weight excluding hydrogens is 502 g/mol. The van der Waals surface area contributed by atoms with Crippen LogP contribution in [0.1, 0.15) is 32.1 Å². The van der Waals surface area contributed by atoms with Crippen LogP contribution in [0.4, 0.5) is 5.69 Å². The topological polar surface area (TPSA) is 168 Å². The number of hydrogen-bond donors (Lipinski definition) is 4. The van der Waals surface area contributed by atoms with E-state index in [-0.39, 0.29) is 37.0 Å². The fourth-order valence-electron chi connectivity index (χ4n) is 4.10. The van der Waals surface area contributed by atoms with Gasteiger partial charge in [0.15, 0.2) is 18.1 Å². The van der Waals surface area contributed by atoms with Gasteiger partial charge in [-0.25, -0.2) is 14.5 Å². The van der Waals surface area contributed by atoms with Crippen molar-refractivity contribution in [1.29, 1.82) is 0 Å². The SMILES string of the molecule is O=C1COc2ccc(CNC(=O)c3cc(C(=O)NCc4ccc(-c5ncn[nH]5)cc4)n4nccc4n3)cc2N1. The van der Waals surface area contributed by atoms with Gasteiger partial charge in [0.2, 0.25) is 0 Å². The maximum absolute atomic E-state index is 13.1. The average molecular weight is 524 g/mol. The maximum Gasteiger partial charge on any atom is 0.270 e. The number of ether oxygens (including phenoxy) is 1. The van der Waals surface area contributed by atoms with Crippen LogP contribution in [-0.4, -0.2) is 54.1 Å². The highest BCUT2D eigenvalue weighted by Crippen LogP contribution is 2.28. The fraction of sp³-hybridized carbons (Fsp3) is 0.115. The van der Waals surface area contributed by atoms with Crippen LogP contribution in [0.5, 0.6) is 5.75 Å².